The van der Waals surface area contributed by atoms with E-state index < -0.39 is 11.9 Å². The first-order chi connectivity index (χ1) is 10.5. The van der Waals surface area contributed by atoms with Crippen molar-refractivity contribution in [1.29, 1.82) is 0 Å². The number of aliphatic carboxylic acids is 2. The van der Waals surface area contributed by atoms with E-state index in [9.17, 15) is 4.79 Å². The second-order valence-electron chi connectivity index (χ2n) is 5.91. The predicted molar refractivity (Wildman–Crippen MR) is 91.3 cm³/mol. The van der Waals surface area contributed by atoms with Gasteiger partial charge in [-0.05, 0) is 6.42 Å². The molecule has 142 valence electrons. The van der Waals surface area contributed by atoms with Gasteiger partial charge in [0, 0.05) is 34.4 Å². The number of carboxylic acids is 2. The minimum absolute atomic E-state index is 0. The Bertz CT molecular complexity index is 253. The van der Waals surface area contributed by atoms with E-state index in [4.69, 9.17) is 15.0 Å². The van der Waals surface area contributed by atoms with Gasteiger partial charge in [0.25, 0.3) is 5.97 Å². The monoisotopic (exact) mass is 511 g/mol. The Kier molecular flexibility index (Phi) is 28.5. The maximum atomic E-state index is 10.3. The summed E-state index contributed by atoms with van der Waals surface area (Å²) in [6.07, 6.45) is 17.3. The summed E-state index contributed by atoms with van der Waals surface area (Å²) in [6, 6.07) is 0. The van der Waals surface area contributed by atoms with Crippen LogP contribution in [0.25, 0.3) is 0 Å². The van der Waals surface area contributed by atoms with Crippen molar-refractivity contribution in [2.45, 2.75) is 104 Å². The van der Waals surface area contributed by atoms with Gasteiger partial charge in [-0.3, -0.25) is 9.59 Å². The van der Waals surface area contributed by atoms with E-state index in [-0.39, 0.29) is 21.1 Å². The third kappa shape index (κ3) is 38.9. The molecular weight excluding hydrogens is 475 g/mol. The van der Waals surface area contributed by atoms with E-state index >= 15 is 0 Å². The van der Waals surface area contributed by atoms with Crippen LogP contribution < -0.4 is 0 Å². The van der Waals surface area contributed by atoms with E-state index in [2.05, 4.69) is 6.92 Å². The van der Waals surface area contributed by atoms with Crippen LogP contribution in [0.3, 0.4) is 0 Å². The minimum atomic E-state index is -0.833. The Morgan fingerprint density at radius 3 is 1.17 bits per heavy atom. The summed E-state index contributed by atoms with van der Waals surface area (Å²) < 4.78 is 0. The smallest absolute Gasteiger partial charge is 0.303 e. The molecule has 0 aromatic carbocycles. The molecule has 0 saturated heterocycles. The van der Waals surface area contributed by atoms with Crippen molar-refractivity contribution in [2.75, 3.05) is 0 Å². The molecule has 23 heavy (non-hydrogen) atoms. The molecule has 0 radical (unpaired) electrons. The van der Waals surface area contributed by atoms with Gasteiger partial charge in [0.15, 0.2) is 0 Å². The summed E-state index contributed by atoms with van der Waals surface area (Å²) in [5.74, 6) is -1.49. The molecule has 0 aromatic rings. The molecule has 5 heteroatoms. The Labute approximate surface area is 156 Å². The molecular formula is C18H36O4Pt. The Hall–Kier alpha value is -0.372. The Morgan fingerprint density at radius 1 is 0.652 bits per heavy atom. The molecule has 0 saturated carbocycles. The molecule has 0 amide bonds. The zero-order chi connectivity index (χ0) is 17.1. The Balaban J connectivity index is -0.000000712. The number of carbonyl (C=O) groups is 2. The SMILES string of the molecule is CC(=O)O.CCCCCCCCCCCCCCCC(=O)O.[Pt]. The zero-order valence-corrected chi connectivity index (χ0v) is 17.2. The summed E-state index contributed by atoms with van der Waals surface area (Å²) in [4.78, 5) is 19.3. The normalized spacial score (nSPS) is 9.48. The maximum absolute atomic E-state index is 10.3. The molecule has 0 aliphatic rings. The summed E-state index contributed by atoms with van der Waals surface area (Å²) in [6.45, 7) is 3.34. The first-order valence-corrected chi connectivity index (χ1v) is 8.92. The van der Waals surface area contributed by atoms with Gasteiger partial charge in [0.1, 0.15) is 0 Å². The van der Waals surface area contributed by atoms with E-state index in [1.165, 1.54) is 70.6 Å². The largest absolute Gasteiger partial charge is 0.481 e. The standard InChI is InChI=1S/C16H32O2.C2H4O2.Pt/c1-2-3-4-5-6-7-8-9-10-11-12-13-14-15-16(17)18;1-2(3)4;/h2-15H2,1H3,(H,17,18);1H3,(H,3,4);. The number of rotatable bonds is 14. The number of hydrogen-bond donors (Lipinski definition) is 2. The molecule has 4 nitrogen and oxygen atoms in total. The van der Waals surface area contributed by atoms with Gasteiger partial charge in [-0.15, -0.1) is 0 Å². The van der Waals surface area contributed by atoms with Gasteiger partial charge in [0.05, 0.1) is 0 Å². The summed E-state index contributed by atoms with van der Waals surface area (Å²) >= 11 is 0. The van der Waals surface area contributed by atoms with E-state index in [0.29, 0.717) is 6.42 Å². The first-order valence-electron chi connectivity index (χ1n) is 8.92. The average molecular weight is 512 g/mol. The zero-order valence-electron chi connectivity index (χ0n) is 14.9. The number of unbranched alkanes of at least 4 members (excludes halogenated alkanes) is 12. The summed E-state index contributed by atoms with van der Waals surface area (Å²) in [5.41, 5.74) is 0. The van der Waals surface area contributed by atoms with Crippen LogP contribution in [-0.2, 0) is 30.7 Å². The van der Waals surface area contributed by atoms with Crippen molar-refractivity contribution >= 4 is 11.9 Å². The van der Waals surface area contributed by atoms with Crippen LogP contribution in [0.1, 0.15) is 104 Å². The first kappa shape index (κ1) is 27.5. The van der Waals surface area contributed by atoms with E-state index in [0.717, 1.165) is 19.8 Å². The van der Waals surface area contributed by atoms with Gasteiger partial charge in [0.2, 0.25) is 0 Å². The quantitative estimate of drug-likeness (QED) is 0.296. The molecule has 0 unspecified atom stereocenters. The molecule has 0 spiro atoms. The molecule has 0 heterocycles. The molecule has 0 bridgehead atoms. The topological polar surface area (TPSA) is 74.6 Å². The van der Waals surface area contributed by atoms with Gasteiger partial charge in [-0.25, -0.2) is 0 Å². The number of carboxylic acid groups (broad SMARTS) is 2. The van der Waals surface area contributed by atoms with Gasteiger partial charge in [-0.1, -0.05) is 84.0 Å². The second kappa shape index (κ2) is 23.9. The fourth-order valence-corrected chi connectivity index (χ4v) is 2.29. The number of hydrogen-bond acceptors (Lipinski definition) is 2. The fraction of sp³-hybridized carbons (Fsp3) is 0.889. The predicted octanol–water partition coefficient (Wildman–Crippen LogP) is 5.64. The van der Waals surface area contributed by atoms with Crippen LogP contribution in [0.15, 0.2) is 0 Å². The summed E-state index contributed by atoms with van der Waals surface area (Å²) in [7, 11) is 0. The van der Waals surface area contributed by atoms with Crippen molar-refractivity contribution in [3.63, 3.8) is 0 Å². The van der Waals surface area contributed by atoms with Crippen molar-refractivity contribution in [2.24, 2.45) is 0 Å². The van der Waals surface area contributed by atoms with Gasteiger partial charge in [-0.2, -0.15) is 0 Å². The average Bonchev–Trinajstić information content (AvgIpc) is 2.43. The van der Waals surface area contributed by atoms with Crippen LogP contribution in [0.5, 0.6) is 0 Å². The van der Waals surface area contributed by atoms with E-state index in [1.54, 1.807) is 0 Å². The van der Waals surface area contributed by atoms with Crippen molar-refractivity contribution in [3.05, 3.63) is 0 Å². The van der Waals surface area contributed by atoms with Crippen LogP contribution in [-0.4, -0.2) is 22.2 Å². The van der Waals surface area contributed by atoms with Crippen LogP contribution in [0.2, 0.25) is 0 Å². The molecule has 0 aromatic heterocycles. The molecule has 0 aliphatic heterocycles. The molecule has 2 N–H and O–H groups in total. The van der Waals surface area contributed by atoms with Crippen molar-refractivity contribution < 1.29 is 40.9 Å². The van der Waals surface area contributed by atoms with Gasteiger partial charge < -0.3 is 10.2 Å². The molecule has 0 fully saturated rings. The van der Waals surface area contributed by atoms with Crippen molar-refractivity contribution in [3.8, 4) is 0 Å². The summed E-state index contributed by atoms with van der Waals surface area (Å²) in [5, 5.41) is 15.9. The molecule has 0 atom stereocenters. The van der Waals surface area contributed by atoms with Crippen molar-refractivity contribution in [1.82, 2.24) is 0 Å². The fourth-order valence-electron chi connectivity index (χ4n) is 2.29. The molecule has 0 rings (SSSR count). The third-order valence-corrected chi connectivity index (χ3v) is 3.49. The third-order valence-electron chi connectivity index (χ3n) is 3.49. The van der Waals surface area contributed by atoms with Crippen LogP contribution in [0.4, 0.5) is 0 Å². The van der Waals surface area contributed by atoms with E-state index in [1.807, 2.05) is 0 Å². The minimum Gasteiger partial charge on any atom is -0.481 e. The second-order valence-corrected chi connectivity index (χ2v) is 5.91. The maximum Gasteiger partial charge on any atom is 0.303 e. The van der Waals surface area contributed by atoms with Crippen LogP contribution >= 0.6 is 0 Å². The Morgan fingerprint density at radius 2 is 0.913 bits per heavy atom. The van der Waals surface area contributed by atoms with Gasteiger partial charge >= 0.3 is 5.97 Å². The molecule has 0 aliphatic carbocycles. The van der Waals surface area contributed by atoms with Crippen LogP contribution in [0, 0.1) is 0 Å².